The number of ether oxygens (including phenoxy) is 3. The van der Waals surface area contributed by atoms with Gasteiger partial charge in [-0.25, -0.2) is 0 Å². The van der Waals surface area contributed by atoms with Crippen LogP contribution < -0.4 is 0 Å². The summed E-state index contributed by atoms with van der Waals surface area (Å²) in [6, 6.07) is 0. The van der Waals surface area contributed by atoms with E-state index in [9.17, 15) is 14.4 Å². The Balaban J connectivity index is 4.27. The molecule has 324 valence electrons. The van der Waals surface area contributed by atoms with Gasteiger partial charge in [0.05, 0.1) is 0 Å². The molecule has 0 aliphatic rings. The summed E-state index contributed by atoms with van der Waals surface area (Å²) in [6.07, 6.45) is 47.7. The van der Waals surface area contributed by atoms with E-state index in [-0.39, 0.29) is 31.1 Å². The molecule has 0 aromatic rings. The number of unbranched alkanes of at least 4 members (excludes halogenated alkanes) is 31. The Kier molecular flexibility index (Phi) is 43.4. The van der Waals surface area contributed by atoms with Crippen molar-refractivity contribution in [2.45, 2.75) is 271 Å². The first-order valence-corrected chi connectivity index (χ1v) is 24.2. The van der Waals surface area contributed by atoms with E-state index in [1.165, 1.54) is 148 Å². The average molecular weight is 777 g/mol. The van der Waals surface area contributed by atoms with E-state index in [0.29, 0.717) is 19.3 Å². The summed E-state index contributed by atoms with van der Waals surface area (Å²) in [5, 5.41) is 0. The molecule has 55 heavy (non-hydrogen) atoms. The third-order valence-electron chi connectivity index (χ3n) is 10.8. The van der Waals surface area contributed by atoms with Crippen molar-refractivity contribution < 1.29 is 28.6 Å². The van der Waals surface area contributed by atoms with Crippen molar-refractivity contribution >= 4 is 17.9 Å². The van der Waals surface area contributed by atoms with Crippen LogP contribution in [0.5, 0.6) is 0 Å². The van der Waals surface area contributed by atoms with E-state index >= 15 is 0 Å². The van der Waals surface area contributed by atoms with Gasteiger partial charge in [-0.3, -0.25) is 14.4 Å². The highest BCUT2D eigenvalue weighted by Gasteiger charge is 2.19. The number of esters is 3. The molecule has 0 fully saturated rings. The Labute approximate surface area is 341 Å². The largest absolute Gasteiger partial charge is 0.462 e. The lowest BCUT2D eigenvalue weighted by atomic mass is 10.0. The second-order valence-corrected chi connectivity index (χ2v) is 16.4. The van der Waals surface area contributed by atoms with Crippen LogP contribution >= 0.6 is 0 Å². The molecule has 0 spiro atoms. The van der Waals surface area contributed by atoms with E-state index in [0.717, 1.165) is 77.0 Å². The Morgan fingerprint density at radius 2 is 0.655 bits per heavy atom. The first-order chi connectivity index (χ1) is 27.0. The Bertz CT molecular complexity index is 854. The molecule has 0 N–H and O–H groups in total. The van der Waals surface area contributed by atoms with Crippen LogP contribution in [0.25, 0.3) is 0 Å². The molecule has 1 unspecified atom stereocenters. The molecule has 0 bridgehead atoms. The van der Waals surface area contributed by atoms with Gasteiger partial charge in [-0.2, -0.15) is 0 Å². The maximum Gasteiger partial charge on any atom is 0.306 e. The van der Waals surface area contributed by atoms with Gasteiger partial charge in [-0.15, -0.1) is 0 Å². The summed E-state index contributed by atoms with van der Waals surface area (Å²) in [5.74, 6) is -0.869. The number of hydrogen-bond acceptors (Lipinski definition) is 6. The summed E-state index contributed by atoms with van der Waals surface area (Å²) >= 11 is 0. The van der Waals surface area contributed by atoms with Crippen LogP contribution in [0, 0.1) is 0 Å². The summed E-state index contributed by atoms with van der Waals surface area (Å²) in [7, 11) is 0. The zero-order chi connectivity index (χ0) is 40.1. The van der Waals surface area contributed by atoms with E-state index in [4.69, 9.17) is 14.2 Å². The van der Waals surface area contributed by atoms with E-state index < -0.39 is 6.10 Å². The first kappa shape index (κ1) is 53.1. The topological polar surface area (TPSA) is 78.9 Å². The van der Waals surface area contributed by atoms with Crippen molar-refractivity contribution in [2.75, 3.05) is 13.2 Å². The fraction of sp³-hybridized carbons (Fsp3) is 0.898. The van der Waals surface area contributed by atoms with E-state index in [1.807, 2.05) is 0 Å². The normalized spacial score (nSPS) is 12.0. The van der Waals surface area contributed by atoms with Crippen LogP contribution in [-0.2, 0) is 28.6 Å². The monoisotopic (exact) mass is 777 g/mol. The molecule has 0 saturated carbocycles. The van der Waals surface area contributed by atoms with Gasteiger partial charge in [0, 0.05) is 19.3 Å². The Morgan fingerprint density at radius 1 is 0.364 bits per heavy atom. The maximum atomic E-state index is 12.7. The smallest absolute Gasteiger partial charge is 0.306 e. The second kappa shape index (κ2) is 44.9. The molecule has 0 aliphatic carbocycles. The van der Waals surface area contributed by atoms with Crippen LogP contribution in [0.3, 0.4) is 0 Å². The number of rotatable bonds is 44. The van der Waals surface area contributed by atoms with Crippen molar-refractivity contribution in [1.29, 1.82) is 0 Å². The highest BCUT2D eigenvalue weighted by Crippen LogP contribution is 2.16. The quantitative estimate of drug-likeness (QED) is 0.0265. The number of hydrogen-bond donors (Lipinski definition) is 0. The molecule has 0 radical (unpaired) electrons. The molecule has 0 aromatic heterocycles. The Morgan fingerprint density at radius 3 is 0.982 bits per heavy atom. The Hall–Kier alpha value is -1.85. The summed E-state index contributed by atoms with van der Waals surface area (Å²) in [6.45, 7) is 6.55. The first-order valence-electron chi connectivity index (χ1n) is 24.2. The lowest BCUT2D eigenvalue weighted by Gasteiger charge is -2.18. The fourth-order valence-corrected chi connectivity index (χ4v) is 7.15. The summed E-state index contributed by atoms with van der Waals surface area (Å²) in [4.78, 5) is 37.7. The van der Waals surface area contributed by atoms with Gasteiger partial charge >= 0.3 is 17.9 Å². The third kappa shape index (κ3) is 43.1. The van der Waals surface area contributed by atoms with Crippen molar-refractivity contribution in [1.82, 2.24) is 0 Å². The molecule has 0 saturated heterocycles. The standard InChI is InChI=1S/C49H92O6/c1-4-7-10-13-16-19-21-23-24-26-28-31-33-36-39-42-48(51)54-45-46(55-49(52)43-40-37-34-29-18-15-12-9-6-3)44-53-47(50)41-38-35-32-30-27-25-22-20-17-14-11-8-5-2/h9,12,46H,4-8,10-11,13-45H2,1-3H3. The van der Waals surface area contributed by atoms with Gasteiger partial charge in [-0.05, 0) is 38.5 Å². The van der Waals surface area contributed by atoms with Crippen molar-refractivity contribution in [3.8, 4) is 0 Å². The lowest BCUT2D eigenvalue weighted by molar-refractivity contribution is -0.167. The fourth-order valence-electron chi connectivity index (χ4n) is 7.15. The van der Waals surface area contributed by atoms with Gasteiger partial charge in [0.1, 0.15) is 13.2 Å². The number of carbonyl (C=O) groups is 3. The van der Waals surface area contributed by atoms with Crippen molar-refractivity contribution in [3.05, 3.63) is 12.2 Å². The second-order valence-electron chi connectivity index (χ2n) is 16.4. The molecular formula is C49H92O6. The minimum Gasteiger partial charge on any atom is -0.462 e. The van der Waals surface area contributed by atoms with E-state index in [2.05, 4.69) is 32.9 Å². The highest BCUT2D eigenvalue weighted by molar-refractivity contribution is 5.71. The number of carbonyl (C=O) groups excluding carboxylic acids is 3. The van der Waals surface area contributed by atoms with Crippen molar-refractivity contribution in [3.63, 3.8) is 0 Å². The molecule has 6 nitrogen and oxygen atoms in total. The van der Waals surface area contributed by atoms with Crippen LogP contribution in [-0.4, -0.2) is 37.2 Å². The SMILES string of the molecule is CCC=CCCCCCCCC(=O)OC(COC(=O)CCCCCCCCCCCCCCC)COC(=O)CCCCCCCCCCCCCCCCC. The zero-order valence-corrected chi connectivity index (χ0v) is 37.0. The van der Waals surface area contributed by atoms with Gasteiger partial charge in [-0.1, -0.05) is 219 Å². The molecule has 1 atom stereocenters. The van der Waals surface area contributed by atoms with Gasteiger partial charge in [0.15, 0.2) is 6.10 Å². The van der Waals surface area contributed by atoms with Crippen LogP contribution in [0.2, 0.25) is 0 Å². The van der Waals surface area contributed by atoms with Gasteiger partial charge in [0.2, 0.25) is 0 Å². The molecular weight excluding hydrogens is 685 g/mol. The molecule has 0 heterocycles. The van der Waals surface area contributed by atoms with Gasteiger partial charge < -0.3 is 14.2 Å². The number of allylic oxidation sites excluding steroid dienone is 2. The molecule has 0 aromatic carbocycles. The van der Waals surface area contributed by atoms with Crippen LogP contribution in [0.1, 0.15) is 265 Å². The highest BCUT2D eigenvalue weighted by atomic mass is 16.6. The summed E-state index contributed by atoms with van der Waals surface area (Å²) in [5.41, 5.74) is 0. The molecule has 0 amide bonds. The van der Waals surface area contributed by atoms with E-state index in [1.54, 1.807) is 0 Å². The third-order valence-corrected chi connectivity index (χ3v) is 10.8. The molecule has 6 heteroatoms. The predicted molar refractivity (Wildman–Crippen MR) is 233 cm³/mol. The zero-order valence-electron chi connectivity index (χ0n) is 37.0. The lowest BCUT2D eigenvalue weighted by Crippen LogP contribution is -2.30. The van der Waals surface area contributed by atoms with Crippen molar-refractivity contribution in [2.24, 2.45) is 0 Å². The average Bonchev–Trinajstić information content (AvgIpc) is 3.18. The minimum absolute atomic E-state index is 0.0688. The minimum atomic E-state index is -0.765. The maximum absolute atomic E-state index is 12.7. The van der Waals surface area contributed by atoms with Crippen LogP contribution in [0.4, 0.5) is 0 Å². The molecule has 0 rings (SSSR count). The summed E-state index contributed by atoms with van der Waals surface area (Å²) < 4.78 is 16.7. The van der Waals surface area contributed by atoms with Crippen LogP contribution in [0.15, 0.2) is 12.2 Å². The predicted octanol–water partition coefficient (Wildman–Crippen LogP) is 15.4. The molecule has 0 aliphatic heterocycles. The van der Waals surface area contributed by atoms with Gasteiger partial charge in [0.25, 0.3) is 0 Å².